The molecule has 2 nitrogen and oxygen atoms in total. The molecule has 7 heteroatoms. The van der Waals surface area contributed by atoms with E-state index < -0.39 is 29.2 Å². The van der Waals surface area contributed by atoms with E-state index in [9.17, 15) is 26.7 Å². The number of carbonyl (C=O) groups is 1. The molecule has 0 unspecified atom stereocenters. The molecule has 0 fully saturated rings. The van der Waals surface area contributed by atoms with Crippen LogP contribution in [0.2, 0.25) is 0 Å². The zero-order chi connectivity index (χ0) is 14.9. The van der Waals surface area contributed by atoms with Crippen molar-refractivity contribution in [1.82, 2.24) is 4.57 Å². The Kier molecular flexibility index (Phi) is 3.61. The molecule has 0 aliphatic rings. The highest BCUT2D eigenvalue weighted by Gasteiger charge is 2.39. The molecule has 1 aromatic heterocycles. The lowest BCUT2D eigenvalue weighted by Crippen LogP contribution is -2.22. The quantitative estimate of drug-likeness (QED) is 0.625. The van der Waals surface area contributed by atoms with Crippen molar-refractivity contribution in [1.29, 1.82) is 0 Å². The summed E-state index contributed by atoms with van der Waals surface area (Å²) in [7, 11) is 0. The second-order valence-corrected chi connectivity index (χ2v) is 4.14. The smallest absolute Gasteiger partial charge is 0.349 e. The molecule has 0 spiro atoms. The average molecular weight is 289 g/mol. The van der Waals surface area contributed by atoms with E-state index in [0.717, 1.165) is 18.3 Å². The molecule has 2 aromatic rings. The molecule has 0 aliphatic carbocycles. The van der Waals surface area contributed by atoms with Crippen molar-refractivity contribution in [2.45, 2.75) is 12.7 Å². The summed E-state index contributed by atoms with van der Waals surface area (Å²) in [5, 5.41) is 0. The first-order valence-corrected chi connectivity index (χ1v) is 5.48. The van der Waals surface area contributed by atoms with Crippen LogP contribution in [-0.2, 0) is 6.54 Å². The normalized spacial score (nSPS) is 11.7. The van der Waals surface area contributed by atoms with Crippen molar-refractivity contribution in [3.63, 3.8) is 0 Å². The number of hydrogen-bond donors (Lipinski definition) is 0. The summed E-state index contributed by atoms with van der Waals surface area (Å²) in [6.07, 6.45) is -2.76. The summed E-state index contributed by atoms with van der Waals surface area (Å²) < 4.78 is 64.0. The minimum Gasteiger partial charge on any atom is -0.349 e. The zero-order valence-corrected chi connectivity index (χ0v) is 9.92. The van der Waals surface area contributed by atoms with Gasteiger partial charge < -0.3 is 4.57 Å². The number of alkyl halides is 3. The summed E-state index contributed by atoms with van der Waals surface area (Å²) in [6, 6.07) is 3.91. The number of halogens is 5. The van der Waals surface area contributed by atoms with Crippen molar-refractivity contribution >= 4 is 5.78 Å². The van der Waals surface area contributed by atoms with Gasteiger partial charge >= 0.3 is 6.18 Å². The largest absolute Gasteiger partial charge is 0.454 e. The molecule has 106 valence electrons. The summed E-state index contributed by atoms with van der Waals surface area (Å²) in [5.74, 6) is -3.51. The summed E-state index contributed by atoms with van der Waals surface area (Å²) in [5.41, 5.74) is -0.423. The minimum absolute atomic E-state index is 0.0999. The average Bonchev–Trinajstić information content (AvgIpc) is 2.79. The fourth-order valence-electron chi connectivity index (χ4n) is 1.68. The van der Waals surface area contributed by atoms with Crippen LogP contribution in [0.3, 0.4) is 0 Å². The predicted molar refractivity (Wildman–Crippen MR) is 60.3 cm³/mol. The monoisotopic (exact) mass is 289 g/mol. The molecule has 0 amide bonds. The summed E-state index contributed by atoms with van der Waals surface area (Å²) >= 11 is 0. The molecule has 0 bridgehead atoms. The Labute approximate surface area is 110 Å². The van der Waals surface area contributed by atoms with Gasteiger partial charge in [0, 0.05) is 36.1 Å². The third-order valence-corrected chi connectivity index (χ3v) is 2.64. The predicted octanol–water partition coefficient (Wildman–Crippen LogP) is 3.56. The minimum atomic E-state index is -4.95. The van der Waals surface area contributed by atoms with Crippen molar-refractivity contribution in [3.8, 4) is 0 Å². The Bertz CT molecular complexity index is 644. The zero-order valence-electron chi connectivity index (χ0n) is 9.92. The number of hydrogen-bond acceptors (Lipinski definition) is 1. The number of benzene rings is 1. The highest BCUT2D eigenvalue weighted by Crippen LogP contribution is 2.22. The third kappa shape index (κ3) is 3.04. The fraction of sp³-hybridized carbons (Fsp3) is 0.154. The van der Waals surface area contributed by atoms with E-state index in [1.807, 2.05) is 0 Å². The SMILES string of the molecule is O=C(c1ccn(Cc2ccc(F)cc2F)c1)C(F)(F)F. The third-order valence-electron chi connectivity index (χ3n) is 2.64. The molecule has 0 N–H and O–H groups in total. The van der Waals surface area contributed by atoms with E-state index in [1.165, 1.54) is 16.8 Å². The van der Waals surface area contributed by atoms with E-state index in [0.29, 0.717) is 6.07 Å². The van der Waals surface area contributed by atoms with E-state index >= 15 is 0 Å². The summed E-state index contributed by atoms with van der Waals surface area (Å²) in [4.78, 5) is 11.0. The number of carbonyl (C=O) groups excluding carboxylic acids is 1. The second kappa shape index (κ2) is 5.07. The van der Waals surface area contributed by atoms with E-state index in [4.69, 9.17) is 0 Å². The van der Waals surface area contributed by atoms with Gasteiger partial charge in [0.1, 0.15) is 11.6 Å². The van der Waals surface area contributed by atoms with Crippen LogP contribution in [0, 0.1) is 11.6 Å². The molecule has 0 radical (unpaired) electrons. The first-order chi connectivity index (χ1) is 9.27. The summed E-state index contributed by atoms with van der Waals surface area (Å²) in [6.45, 7) is -0.0999. The Hall–Kier alpha value is -2.18. The molecular weight excluding hydrogens is 281 g/mol. The highest BCUT2D eigenvalue weighted by molar-refractivity contribution is 6.00. The maximum absolute atomic E-state index is 13.4. The van der Waals surface area contributed by atoms with Gasteiger partial charge in [0.25, 0.3) is 5.78 Å². The van der Waals surface area contributed by atoms with Crippen LogP contribution in [0.5, 0.6) is 0 Å². The van der Waals surface area contributed by atoms with Crippen molar-refractivity contribution in [2.24, 2.45) is 0 Å². The second-order valence-electron chi connectivity index (χ2n) is 4.14. The van der Waals surface area contributed by atoms with Crippen LogP contribution < -0.4 is 0 Å². The van der Waals surface area contributed by atoms with Crippen LogP contribution in [0.4, 0.5) is 22.0 Å². The van der Waals surface area contributed by atoms with E-state index in [-0.39, 0.29) is 12.1 Å². The van der Waals surface area contributed by atoms with Gasteiger partial charge in [0.05, 0.1) is 0 Å². The van der Waals surface area contributed by atoms with Crippen molar-refractivity contribution < 1.29 is 26.7 Å². The number of ketones is 1. The molecular formula is C13H8F5NO. The highest BCUT2D eigenvalue weighted by atomic mass is 19.4. The maximum atomic E-state index is 13.4. The van der Waals surface area contributed by atoms with Crippen LogP contribution >= 0.6 is 0 Å². The molecule has 20 heavy (non-hydrogen) atoms. The number of Topliss-reactive ketones (excluding diaryl/α,β-unsaturated/α-hetero) is 1. The number of rotatable bonds is 3. The Morgan fingerprint density at radius 3 is 2.45 bits per heavy atom. The van der Waals surface area contributed by atoms with Gasteiger partial charge in [-0.2, -0.15) is 13.2 Å². The van der Waals surface area contributed by atoms with E-state index in [1.54, 1.807) is 0 Å². The number of aromatic nitrogens is 1. The lowest BCUT2D eigenvalue weighted by molar-refractivity contribution is -0.0885. The van der Waals surface area contributed by atoms with Gasteiger partial charge in [0.2, 0.25) is 0 Å². The molecule has 1 aromatic carbocycles. The Balaban J connectivity index is 2.20. The van der Waals surface area contributed by atoms with Gasteiger partial charge in [-0.05, 0) is 12.1 Å². The topological polar surface area (TPSA) is 22.0 Å². The van der Waals surface area contributed by atoms with Crippen LogP contribution in [0.25, 0.3) is 0 Å². The Morgan fingerprint density at radius 1 is 1.15 bits per heavy atom. The molecule has 2 rings (SSSR count). The maximum Gasteiger partial charge on any atom is 0.454 e. The van der Waals surface area contributed by atoms with Gasteiger partial charge in [-0.15, -0.1) is 0 Å². The lowest BCUT2D eigenvalue weighted by Gasteiger charge is -2.05. The van der Waals surface area contributed by atoms with Gasteiger partial charge in [-0.25, -0.2) is 8.78 Å². The van der Waals surface area contributed by atoms with Crippen molar-refractivity contribution in [2.75, 3.05) is 0 Å². The standard InChI is InChI=1S/C13H8F5NO/c14-10-2-1-8(11(15)5-10)6-19-4-3-9(7-19)12(20)13(16,17)18/h1-5,7H,6H2. The van der Waals surface area contributed by atoms with Gasteiger partial charge in [-0.1, -0.05) is 6.07 Å². The lowest BCUT2D eigenvalue weighted by atomic mass is 10.2. The van der Waals surface area contributed by atoms with Gasteiger partial charge in [0.15, 0.2) is 0 Å². The first-order valence-electron chi connectivity index (χ1n) is 5.48. The molecule has 0 saturated carbocycles. The fourth-order valence-corrected chi connectivity index (χ4v) is 1.68. The van der Waals surface area contributed by atoms with Crippen LogP contribution in [0.1, 0.15) is 15.9 Å². The number of nitrogens with zero attached hydrogens (tertiary/aromatic N) is 1. The molecule has 0 aliphatic heterocycles. The Morgan fingerprint density at radius 2 is 1.85 bits per heavy atom. The molecule has 0 saturated heterocycles. The van der Waals surface area contributed by atoms with Crippen molar-refractivity contribution in [3.05, 3.63) is 59.4 Å². The van der Waals surface area contributed by atoms with Crippen LogP contribution in [-0.4, -0.2) is 16.5 Å². The van der Waals surface area contributed by atoms with Gasteiger partial charge in [-0.3, -0.25) is 4.79 Å². The first kappa shape index (κ1) is 14.2. The molecule has 1 heterocycles. The van der Waals surface area contributed by atoms with Crippen LogP contribution in [0.15, 0.2) is 36.7 Å². The van der Waals surface area contributed by atoms with E-state index in [2.05, 4.69) is 0 Å². The molecule has 0 atom stereocenters.